The van der Waals surface area contributed by atoms with E-state index in [0.29, 0.717) is 6.42 Å². The number of furan rings is 1. The molecular weight excluding hydrogens is 190 g/mol. The second-order valence-corrected chi connectivity index (χ2v) is 2.91. The molecule has 0 aliphatic carbocycles. The molecule has 0 saturated heterocycles. The number of hydrogen-bond acceptors (Lipinski definition) is 3. The zero-order valence-corrected chi connectivity index (χ0v) is 7.84. The van der Waals surface area contributed by atoms with E-state index in [9.17, 15) is 4.79 Å². The molecule has 1 unspecified atom stereocenters. The Morgan fingerprint density at radius 1 is 1.85 bits per heavy atom. The maximum atomic E-state index is 11.5. The molecule has 3 nitrogen and oxygen atoms in total. The van der Waals surface area contributed by atoms with Gasteiger partial charge >= 0.3 is 0 Å². The first-order valence-corrected chi connectivity index (χ1v) is 4.25. The van der Waals surface area contributed by atoms with Crippen molar-refractivity contribution in [1.29, 1.82) is 5.26 Å². The van der Waals surface area contributed by atoms with E-state index in [0.717, 1.165) is 0 Å². The molecule has 1 heterocycles. The summed E-state index contributed by atoms with van der Waals surface area (Å²) in [7, 11) is 0. The molecule has 68 valence electrons. The predicted molar refractivity (Wildman–Crippen MR) is 47.4 cm³/mol. The van der Waals surface area contributed by atoms with Crippen LogP contribution < -0.4 is 0 Å². The maximum Gasteiger partial charge on any atom is 0.203 e. The number of nitrogens with zero attached hydrogens (tertiary/aromatic N) is 1. The van der Waals surface area contributed by atoms with E-state index in [-0.39, 0.29) is 16.6 Å². The van der Waals surface area contributed by atoms with Gasteiger partial charge in [0, 0.05) is 0 Å². The van der Waals surface area contributed by atoms with Crippen molar-refractivity contribution in [2.24, 2.45) is 5.92 Å². The van der Waals surface area contributed by atoms with Crippen molar-refractivity contribution < 1.29 is 9.21 Å². The monoisotopic (exact) mass is 197 g/mol. The number of halogens is 1. The summed E-state index contributed by atoms with van der Waals surface area (Å²) in [4.78, 5) is 11.5. The molecule has 0 amide bonds. The van der Waals surface area contributed by atoms with Crippen LogP contribution in [0.25, 0.3) is 0 Å². The molecule has 0 aliphatic rings. The number of rotatable bonds is 3. The molecule has 1 aromatic heterocycles. The van der Waals surface area contributed by atoms with Crippen LogP contribution in [0.2, 0.25) is 5.22 Å². The first-order chi connectivity index (χ1) is 6.20. The lowest BCUT2D eigenvalue weighted by atomic mass is 9.99. The van der Waals surface area contributed by atoms with Crippen molar-refractivity contribution in [1.82, 2.24) is 0 Å². The van der Waals surface area contributed by atoms with Gasteiger partial charge in [0.25, 0.3) is 0 Å². The molecular formula is C9H8ClNO2. The summed E-state index contributed by atoms with van der Waals surface area (Å²) in [6.07, 6.45) is 1.82. The topological polar surface area (TPSA) is 54.0 Å². The molecule has 0 N–H and O–H groups in total. The average Bonchev–Trinajstić information content (AvgIpc) is 2.53. The van der Waals surface area contributed by atoms with Crippen molar-refractivity contribution in [2.45, 2.75) is 13.3 Å². The molecule has 1 aromatic rings. The molecule has 0 aromatic carbocycles. The Hall–Kier alpha value is -1.27. The van der Waals surface area contributed by atoms with E-state index < -0.39 is 5.92 Å². The van der Waals surface area contributed by atoms with Gasteiger partial charge < -0.3 is 4.42 Å². The van der Waals surface area contributed by atoms with Crippen molar-refractivity contribution in [3.8, 4) is 6.07 Å². The van der Waals surface area contributed by atoms with Crippen LogP contribution >= 0.6 is 11.6 Å². The van der Waals surface area contributed by atoms with Gasteiger partial charge in [0.2, 0.25) is 5.22 Å². The third-order valence-electron chi connectivity index (χ3n) is 1.76. The predicted octanol–water partition coefficient (Wildman–Crippen LogP) is 2.67. The second kappa shape index (κ2) is 4.11. The Bertz CT molecular complexity index is 351. The summed E-state index contributed by atoms with van der Waals surface area (Å²) >= 11 is 5.60. The highest BCUT2D eigenvalue weighted by Crippen LogP contribution is 2.21. The number of carbonyl (C=O) groups excluding carboxylic acids is 1. The van der Waals surface area contributed by atoms with E-state index >= 15 is 0 Å². The summed E-state index contributed by atoms with van der Waals surface area (Å²) in [6.45, 7) is 1.78. The third-order valence-corrected chi connectivity index (χ3v) is 2.06. The van der Waals surface area contributed by atoms with Gasteiger partial charge in [-0.1, -0.05) is 6.92 Å². The molecule has 1 rings (SSSR count). The molecule has 0 spiro atoms. The van der Waals surface area contributed by atoms with Crippen LogP contribution in [0.1, 0.15) is 23.7 Å². The Labute approximate surface area is 80.9 Å². The molecule has 0 fully saturated rings. The maximum absolute atomic E-state index is 11.5. The third kappa shape index (κ3) is 1.90. The van der Waals surface area contributed by atoms with Crippen LogP contribution in [0.15, 0.2) is 16.7 Å². The van der Waals surface area contributed by atoms with E-state index in [2.05, 4.69) is 0 Å². The molecule has 0 bridgehead atoms. The Balaban J connectivity index is 2.92. The first kappa shape index (κ1) is 9.82. The van der Waals surface area contributed by atoms with Gasteiger partial charge in [0.05, 0.1) is 17.9 Å². The van der Waals surface area contributed by atoms with Gasteiger partial charge in [-0.2, -0.15) is 5.26 Å². The lowest BCUT2D eigenvalue weighted by molar-refractivity contribution is 0.0946. The minimum atomic E-state index is -0.630. The van der Waals surface area contributed by atoms with Crippen LogP contribution in [0, 0.1) is 17.2 Å². The van der Waals surface area contributed by atoms with E-state index in [1.165, 1.54) is 12.3 Å². The van der Waals surface area contributed by atoms with Gasteiger partial charge in [-0.3, -0.25) is 4.79 Å². The van der Waals surface area contributed by atoms with Crippen molar-refractivity contribution in [3.05, 3.63) is 23.1 Å². The number of hydrogen-bond donors (Lipinski definition) is 0. The Morgan fingerprint density at radius 3 is 2.92 bits per heavy atom. The van der Waals surface area contributed by atoms with E-state index in [4.69, 9.17) is 21.3 Å². The van der Waals surface area contributed by atoms with Crippen LogP contribution in [0.3, 0.4) is 0 Å². The zero-order chi connectivity index (χ0) is 9.84. The van der Waals surface area contributed by atoms with Crippen LogP contribution in [0.4, 0.5) is 0 Å². The number of nitriles is 1. The largest absolute Gasteiger partial charge is 0.452 e. The highest BCUT2D eigenvalue weighted by atomic mass is 35.5. The molecule has 4 heteroatoms. The fraction of sp³-hybridized carbons (Fsp3) is 0.333. The first-order valence-electron chi connectivity index (χ1n) is 3.87. The minimum absolute atomic E-state index is 0.0544. The normalized spacial score (nSPS) is 12.1. The molecule has 0 radical (unpaired) electrons. The fourth-order valence-corrected chi connectivity index (χ4v) is 1.20. The average molecular weight is 198 g/mol. The van der Waals surface area contributed by atoms with Crippen molar-refractivity contribution >= 4 is 17.4 Å². The lowest BCUT2D eigenvalue weighted by Gasteiger charge is -2.01. The molecule has 0 saturated carbocycles. The number of Topliss-reactive ketones (excluding diaryl/α,β-unsaturated/α-hetero) is 1. The van der Waals surface area contributed by atoms with Crippen LogP contribution in [-0.4, -0.2) is 5.78 Å². The van der Waals surface area contributed by atoms with Gasteiger partial charge in [0.1, 0.15) is 5.92 Å². The van der Waals surface area contributed by atoms with Gasteiger partial charge in [-0.15, -0.1) is 0 Å². The highest BCUT2D eigenvalue weighted by molar-refractivity contribution is 6.32. The quantitative estimate of drug-likeness (QED) is 0.700. The smallest absolute Gasteiger partial charge is 0.203 e. The standard InChI is InChI=1S/C9H8ClNO2/c1-2-6(5-11)8(12)7-3-4-13-9(7)10/h3-4,6H,2H2,1H3. The molecule has 13 heavy (non-hydrogen) atoms. The lowest BCUT2D eigenvalue weighted by Crippen LogP contribution is -2.11. The minimum Gasteiger partial charge on any atom is -0.452 e. The van der Waals surface area contributed by atoms with Crippen molar-refractivity contribution in [3.63, 3.8) is 0 Å². The van der Waals surface area contributed by atoms with Crippen LogP contribution in [-0.2, 0) is 0 Å². The molecule has 1 atom stereocenters. The van der Waals surface area contributed by atoms with E-state index in [1.807, 2.05) is 6.07 Å². The van der Waals surface area contributed by atoms with Gasteiger partial charge in [-0.05, 0) is 24.1 Å². The van der Waals surface area contributed by atoms with Gasteiger partial charge in [0.15, 0.2) is 5.78 Å². The highest BCUT2D eigenvalue weighted by Gasteiger charge is 2.21. The second-order valence-electron chi connectivity index (χ2n) is 2.56. The summed E-state index contributed by atoms with van der Waals surface area (Å²) in [5, 5.41) is 8.70. The number of carbonyl (C=O) groups is 1. The Kier molecular flexibility index (Phi) is 3.10. The molecule has 0 aliphatic heterocycles. The number of ketones is 1. The zero-order valence-electron chi connectivity index (χ0n) is 7.08. The van der Waals surface area contributed by atoms with Crippen molar-refractivity contribution in [2.75, 3.05) is 0 Å². The van der Waals surface area contributed by atoms with Gasteiger partial charge in [-0.25, -0.2) is 0 Å². The summed E-state index contributed by atoms with van der Waals surface area (Å²) < 4.78 is 4.76. The SMILES string of the molecule is CCC(C#N)C(=O)c1ccoc1Cl. The summed E-state index contributed by atoms with van der Waals surface area (Å²) in [5.41, 5.74) is 0.287. The summed E-state index contributed by atoms with van der Waals surface area (Å²) in [5.74, 6) is -0.904. The fourth-order valence-electron chi connectivity index (χ4n) is 0.993. The summed E-state index contributed by atoms with van der Waals surface area (Å²) in [6, 6.07) is 3.39. The Morgan fingerprint density at radius 2 is 2.54 bits per heavy atom. The van der Waals surface area contributed by atoms with E-state index in [1.54, 1.807) is 6.92 Å². The van der Waals surface area contributed by atoms with Crippen LogP contribution in [0.5, 0.6) is 0 Å².